The zero-order valence-electron chi connectivity index (χ0n) is 11.0. The monoisotopic (exact) mass is 323 g/mol. The molecule has 0 aromatic heterocycles. The first kappa shape index (κ1) is 15.4. The molecule has 0 atom stereocenters. The highest BCUT2D eigenvalue weighted by Crippen LogP contribution is 2.25. The Hall–Kier alpha value is -2.04. The number of hydrogen-bond donors (Lipinski definition) is 1. The number of amides is 1. The molecule has 0 aliphatic rings. The summed E-state index contributed by atoms with van der Waals surface area (Å²) in [5.74, 6) is -0.829. The smallest absolute Gasteiger partial charge is 0.308 e. The van der Waals surface area contributed by atoms with Crippen LogP contribution < -0.4 is 10.1 Å². The van der Waals surface area contributed by atoms with Gasteiger partial charge in [0.1, 0.15) is 5.75 Å². The first-order valence-electron chi connectivity index (χ1n) is 6.00. The Morgan fingerprint density at radius 2 is 1.62 bits per heavy atom. The van der Waals surface area contributed by atoms with Crippen molar-refractivity contribution in [1.82, 2.24) is 0 Å². The van der Waals surface area contributed by atoms with Gasteiger partial charge in [-0.25, -0.2) is 0 Å². The lowest BCUT2D eigenvalue weighted by atomic mass is 10.2. The highest BCUT2D eigenvalue weighted by molar-refractivity contribution is 6.31. The van der Waals surface area contributed by atoms with E-state index in [0.717, 1.165) is 0 Å². The molecule has 1 amide bonds. The second-order valence-corrected chi connectivity index (χ2v) is 5.07. The van der Waals surface area contributed by atoms with E-state index in [1.54, 1.807) is 30.3 Å². The van der Waals surface area contributed by atoms with Gasteiger partial charge in [-0.15, -0.1) is 0 Å². The van der Waals surface area contributed by atoms with E-state index in [9.17, 15) is 9.59 Å². The number of ether oxygens (including phenoxy) is 1. The molecule has 4 nitrogen and oxygen atoms in total. The molecule has 0 radical (unpaired) electrons. The van der Waals surface area contributed by atoms with Crippen LogP contribution in [-0.4, -0.2) is 11.9 Å². The van der Waals surface area contributed by atoms with Gasteiger partial charge in [0.2, 0.25) is 0 Å². The minimum Gasteiger partial charge on any atom is -0.426 e. The Morgan fingerprint density at radius 3 is 2.24 bits per heavy atom. The molecule has 108 valence electrons. The molecule has 21 heavy (non-hydrogen) atoms. The van der Waals surface area contributed by atoms with E-state index >= 15 is 0 Å². The molecule has 2 aromatic carbocycles. The summed E-state index contributed by atoms with van der Waals surface area (Å²) in [6.45, 7) is 1.25. The molecule has 0 unspecified atom stereocenters. The third kappa shape index (κ3) is 4.21. The maximum absolute atomic E-state index is 12.2. The number of rotatable bonds is 3. The van der Waals surface area contributed by atoms with Crippen molar-refractivity contribution in [2.45, 2.75) is 6.92 Å². The molecule has 0 aliphatic carbocycles. The van der Waals surface area contributed by atoms with Gasteiger partial charge >= 0.3 is 5.97 Å². The van der Waals surface area contributed by atoms with Gasteiger partial charge in [0, 0.05) is 28.7 Å². The first-order valence-corrected chi connectivity index (χ1v) is 6.76. The fourth-order valence-electron chi connectivity index (χ4n) is 1.65. The molecular formula is C15H11Cl2NO3. The molecule has 2 aromatic rings. The lowest BCUT2D eigenvalue weighted by molar-refractivity contribution is -0.131. The second kappa shape index (κ2) is 6.61. The largest absolute Gasteiger partial charge is 0.426 e. The predicted octanol–water partition coefficient (Wildman–Crippen LogP) is 4.17. The van der Waals surface area contributed by atoms with Gasteiger partial charge in [-0.2, -0.15) is 0 Å². The highest BCUT2D eigenvalue weighted by Gasteiger charge is 2.15. The van der Waals surface area contributed by atoms with Crippen molar-refractivity contribution < 1.29 is 14.3 Å². The Kier molecular flexibility index (Phi) is 4.83. The van der Waals surface area contributed by atoms with E-state index in [4.69, 9.17) is 27.9 Å². The van der Waals surface area contributed by atoms with E-state index < -0.39 is 11.9 Å². The van der Waals surface area contributed by atoms with Crippen LogP contribution >= 0.6 is 23.2 Å². The number of hydrogen-bond acceptors (Lipinski definition) is 3. The van der Waals surface area contributed by atoms with Gasteiger partial charge < -0.3 is 10.1 Å². The molecule has 0 heterocycles. The van der Waals surface area contributed by atoms with Crippen molar-refractivity contribution in [3.63, 3.8) is 0 Å². The standard InChI is InChI=1S/C15H11Cl2NO3/c1-9(19)21-14-8-11(17)4-7-13(14)15(20)18-12-5-2-10(16)3-6-12/h2-8H,1H3,(H,18,20). The van der Waals surface area contributed by atoms with Crippen molar-refractivity contribution in [3.8, 4) is 5.75 Å². The van der Waals surface area contributed by atoms with E-state index in [1.807, 2.05) is 0 Å². The Bertz CT molecular complexity index is 684. The maximum atomic E-state index is 12.2. The summed E-state index contributed by atoms with van der Waals surface area (Å²) in [5.41, 5.74) is 0.790. The highest BCUT2D eigenvalue weighted by atomic mass is 35.5. The molecular weight excluding hydrogens is 313 g/mol. The van der Waals surface area contributed by atoms with E-state index in [-0.39, 0.29) is 11.3 Å². The van der Waals surface area contributed by atoms with Crippen LogP contribution in [-0.2, 0) is 4.79 Å². The number of anilines is 1. The molecule has 0 saturated heterocycles. The van der Waals surface area contributed by atoms with Crippen LogP contribution in [0, 0.1) is 0 Å². The summed E-state index contributed by atoms with van der Waals surface area (Å²) in [6.07, 6.45) is 0. The van der Waals surface area contributed by atoms with E-state index in [2.05, 4.69) is 5.32 Å². The maximum Gasteiger partial charge on any atom is 0.308 e. The predicted molar refractivity (Wildman–Crippen MR) is 82.2 cm³/mol. The average Bonchev–Trinajstić information content (AvgIpc) is 2.40. The summed E-state index contributed by atoms with van der Waals surface area (Å²) >= 11 is 11.6. The summed E-state index contributed by atoms with van der Waals surface area (Å²) in [7, 11) is 0. The van der Waals surface area contributed by atoms with Crippen LogP contribution in [0.25, 0.3) is 0 Å². The quantitative estimate of drug-likeness (QED) is 0.681. The summed E-state index contributed by atoms with van der Waals surface area (Å²) in [6, 6.07) is 11.1. The molecule has 2 rings (SSSR count). The van der Waals surface area contributed by atoms with Crippen molar-refractivity contribution in [2.75, 3.05) is 5.32 Å². The normalized spacial score (nSPS) is 10.0. The first-order chi connectivity index (χ1) is 9.95. The van der Waals surface area contributed by atoms with Crippen molar-refractivity contribution in [2.24, 2.45) is 0 Å². The topological polar surface area (TPSA) is 55.4 Å². The summed E-state index contributed by atoms with van der Waals surface area (Å²) < 4.78 is 5.00. The van der Waals surface area contributed by atoms with Gasteiger partial charge in [-0.05, 0) is 36.4 Å². The number of halogens is 2. The average molecular weight is 324 g/mol. The van der Waals surface area contributed by atoms with Gasteiger partial charge in [-0.3, -0.25) is 9.59 Å². The molecule has 0 aliphatic heterocycles. The number of carbonyl (C=O) groups is 2. The summed E-state index contributed by atoms with van der Waals surface area (Å²) in [4.78, 5) is 23.3. The zero-order chi connectivity index (χ0) is 15.4. The fourth-order valence-corrected chi connectivity index (χ4v) is 1.94. The zero-order valence-corrected chi connectivity index (χ0v) is 12.5. The fraction of sp³-hybridized carbons (Fsp3) is 0.0667. The van der Waals surface area contributed by atoms with Gasteiger partial charge in [0.15, 0.2) is 0 Å². The minimum absolute atomic E-state index is 0.112. The number of esters is 1. The van der Waals surface area contributed by atoms with Crippen molar-refractivity contribution in [3.05, 3.63) is 58.1 Å². The van der Waals surface area contributed by atoms with E-state index in [1.165, 1.54) is 19.1 Å². The van der Waals surface area contributed by atoms with Crippen LogP contribution in [0.3, 0.4) is 0 Å². The van der Waals surface area contributed by atoms with Crippen molar-refractivity contribution in [1.29, 1.82) is 0 Å². The lowest BCUT2D eigenvalue weighted by Gasteiger charge is -2.10. The number of carbonyl (C=O) groups excluding carboxylic acids is 2. The molecule has 1 N–H and O–H groups in total. The molecule has 0 spiro atoms. The van der Waals surface area contributed by atoms with Gasteiger partial charge in [0.05, 0.1) is 5.56 Å². The number of nitrogens with one attached hydrogen (secondary N) is 1. The van der Waals surface area contributed by atoms with Crippen LogP contribution in [0.5, 0.6) is 5.75 Å². The molecule has 6 heteroatoms. The lowest BCUT2D eigenvalue weighted by Crippen LogP contribution is -2.14. The number of benzene rings is 2. The summed E-state index contributed by atoms with van der Waals surface area (Å²) in [5, 5.41) is 3.63. The van der Waals surface area contributed by atoms with Crippen LogP contribution in [0.1, 0.15) is 17.3 Å². The Balaban J connectivity index is 2.25. The van der Waals surface area contributed by atoms with Crippen LogP contribution in [0.2, 0.25) is 10.0 Å². The van der Waals surface area contributed by atoms with Crippen LogP contribution in [0.4, 0.5) is 5.69 Å². The second-order valence-electron chi connectivity index (χ2n) is 4.20. The molecule has 0 bridgehead atoms. The van der Waals surface area contributed by atoms with Crippen LogP contribution in [0.15, 0.2) is 42.5 Å². The van der Waals surface area contributed by atoms with Crippen molar-refractivity contribution >= 4 is 40.8 Å². The van der Waals surface area contributed by atoms with Gasteiger partial charge in [-0.1, -0.05) is 23.2 Å². The van der Waals surface area contributed by atoms with Gasteiger partial charge in [0.25, 0.3) is 5.91 Å². The third-order valence-corrected chi connectivity index (χ3v) is 3.03. The molecule has 0 fully saturated rings. The Labute approximate surface area is 131 Å². The SMILES string of the molecule is CC(=O)Oc1cc(Cl)ccc1C(=O)Nc1ccc(Cl)cc1. The van der Waals surface area contributed by atoms with E-state index in [0.29, 0.717) is 15.7 Å². The third-order valence-electron chi connectivity index (χ3n) is 2.54. The molecule has 0 saturated carbocycles. The minimum atomic E-state index is -0.530. The Morgan fingerprint density at radius 1 is 1.00 bits per heavy atom.